The zero-order chi connectivity index (χ0) is 26.4. The minimum absolute atomic E-state index is 0.0588. The van der Waals surface area contributed by atoms with Gasteiger partial charge in [-0.05, 0) is 38.5 Å². The van der Waals surface area contributed by atoms with Crippen molar-refractivity contribution in [3.8, 4) is 0 Å². The van der Waals surface area contributed by atoms with E-state index in [0.29, 0.717) is 11.1 Å². The maximum Gasteiger partial charge on any atom is 0.294 e. The fourth-order valence-corrected chi connectivity index (χ4v) is 3.88. The van der Waals surface area contributed by atoms with E-state index in [9.17, 15) is 39.4 Å². The molecule has 0 saturated heterocycles. The second-order valence-electron chi connectivity index (χ2n) is 8.14. The molecule has 4 rings (SSSR count). The molecule has 2 aromatic rings. The highest BCUT2D eigenvalue weighted by Crippen LogP contribution is 2.42. The normalized spacial score (nSPS) is 19.5. The summed E-state index contributed by atoms with van der Waals surface area (Å²) in [5, 5.41) is 26.3. The number of nitrogens with two attached hydrogens (primary N) is 2. The SMILES string of the molecule is CC(=O)C1(C)C(=O)Nc2cc([N+](=O)[O-])c(N)cc21.CC(=O)C1C(=O)Nc2cc([N+](=O)[O-])c(N)cc21. The van der Waals surface area contributed by atoms with E-state index >= 15 is 0 Å². The number of rotatable bonds is 4. The molecular formula is C21H20N6O8. The van der Waals surface area contributed by atoms with Crippen molar-refractivity contribution in [1.29, 1.82) is 0 Å². The number of anilines is 4. The van der Waals surface area contributed by atoms with Gasteiger partial charge in [0, 0.05) is 17.7 Å². The summed E-state index contributed by atoms with van der Waals surface area (Å²) in [6.45, 7) is 4.06. The third-order valence-corrected chi connectivity index (χ3v) is 5.94. The predicted molar refractivity (Wildman–Crippen MR) is 124 cm³/mol. The molecule has 2 amide bonds. The molecular weight excluding hydrogens is 464 g/mol. The van der Waals surface area contributed by atoms with E-state index in [0.717, 1.165) is 0 Å². The first-order chi connectivity index (χ1) is 16.2. The highest BCUT2D eigenvalue weighted by atomic mass is 16.6. The van der Waals surface area contributed by atoms with E-state index in [2.05, 4.69) is 10.6 Å². The molecule has 35 heavy (non-hydrogen) atoms. The van der Waals surface area contributed by atoms with E-state index in [1.807, 2.05) is 0 Å². The summed E-state index contributed by atoms with van der Waals surface area (Å²) < 4.78 is 0. The standard InChI is InChI=1S/C11H11N3O4.C10H9N3O4/c1-5(15)11(2)6-3-7(12)9(14(17)18)4-8(6)13-10(11)16;1-4(14)9-5-2-6(11)8(13(16)17)3-7(5)12-10(9)15/h3-4H,12H2,1-2H3,(H,13,16);2-3,9H,11H2,1H3,(H,12,15). The van der Waals surface area contributed by atoms with E-state index in [1.165, 1.54) is 45.0 Å². The fourth-order valence-electron chi connectivity index (χ4n) is 3.88. The van der Waals surface area contributed by atoms with Gasteiger partial charge in [-0.25, -0.2) is 0 Å². The lowest BCUT2D eigenvalue weighted by atomic mass is 9.80. The molecule has 0 fully saturated rings. The first kappa shape index (κ1) is 24.8. The maximum absolute atomic E-state index is 11.8. The van der Waals surface area contributed by atoms with Crippen LogP contribution in [-0.4, -0.2) is 33.2 Å². The summed E-state index contributed by atoms with van der Waals surface area (Å²) in [7, 11) is 0. The van der Waals surface area contributed by atoms with Crippen LogP contribution in [0, 0.1) is 20.2 Å². The zero-order valence-electron chi connectivity index (χ0n) is 18.7. The minimum atomic E-state index is -1.33. The molecule has 2 unspecified atom stereocenters. The van der Waals surface area contributed by atoms with Gasteiger partial charge in [0.2, 0.25) is 11.8 Å². The topological polar surface area (TPSA) is 231 Å². The molecule has 0 saturated carbocycles. The number of fused-ring (bicyclic) bond motifs is 2. The Morgan fingerprint density at radius 1 is 0.914 bits per heavy atom. The van der Waals surface area contributed by atoms with E-state index < -0.39 is 33.0 Å². The van der Waals surface area contributed by atoms with Gasteiger partial charge >= 0.3 is 0 Å². The maximum atomic E-state index is 11.8. The number of nitrogen functional groups attached to an aromatic ring is 2. The molecule has 2 aromatic carbocycles. The monoisotopic (exact) mass is 484 g/mol. The van der Waals surface area contributed by atoms with Crippen LogP contribution in [0.25, 0.3) is 0 Å². The quantitative estimate of drug-likeness (QED) is 0.212. The number of carbonyl (C=O) groups excluding carboxylic acids is 4. The zero-order valence-corrected chi connectivity index (χ0v) is 18.7. The number of benzene rings is 2. The number of nitro groups is 2. The van der Waals surface area contributed by atoms with Crippen LogP contribution in [0.5, 0.6) is 0 Å². The van der Waals surface area contributed by atoms with Crippen LogP contribution in [0.15, 0.2) is 24.3 Å². The number of nitrogens with zero attached hydrogens (tertiary/aromatic N) is 2. The Morgan fingerprint density at radius 2 is 1.43 bits per heavy atom. The average molecular weight is 484 g/mol. The molecule has 0 aromatic heterocycles. The van der Waals surface area contributed by atoms with Crippen LogP contribution >= 0.6 is 0 Å². The molecule has 2 heterocycles. The van der Waals surface area contributed by atoms with Crippen LogP contribution in [0.3, 0.4) is 0 Å². The molecule has 182 valence electrons. The van der Waals surface area contributed by atoms with E-state index in [4.69, 9.17) is 11.5 Å². The summed E-state index contributed by atoms with van der Waals surface area (Å²) in [4.78, 5) is 66.5. The van der Waals surface area contributed by atoms with Crippen LogP contribution in [0.1, 0.15) is 37.8 Å². The number of nitrogens with one attached hydrogen (secondary N) is 2. The Morgan fingerprint density at radius 3 is 1.91 bits per heavy atom. The summed E-state index contributed by atoms with van der Waals surface area (Å²) in [5.41, 5.74) is 10.4. The van der Waals surface area contributed by atoms with Crippen molar-refractivity contribution in [3.05, 3.63) is 55.6 Å². The Balaban J connectivity index is 0.000000196. The smallest absolute Gasteiger partial charge is 0.294 e. The molecule has 0 bridgehead atoms. The number of hydrogen-bond acceptors (Lipinski definition) is 10. The number of nitro benzene ring substituents is 2. The van der Waals surface area contributed by atoms with Crippen LogP contribution in [0.4, 0.5) is 34.1 Å². The molecule has 6 N–H and O–H groups in total. The molecule has 0 spiro atoms. The van der Waals surface area contributed by atoms with Gasteiger partial charge in [0.05, 0.1) is 21.2 Å². The molecule has 2 aliphatic heterocycles. The highest BCUT2D eigenvalue weighted by molar-refractivity contribution is 6.20. The Kier molecular flexibility index (Phi) is 6.00. The number of ketones is 2. The van der Waals surface area contributed by atoms with Crippen LogP contribution in [-0.2, 0) is 24.6 Å². The van der Waals surface area contributed by atoms with Crippen molar-refractivity contribution in [2.75, 3.05) is 22.1 Å². The second-order valence-corrected chi connectivity index (χ2v) is 8.14. The lowest BCUT2D eigenvalue weighted by Crippen LogP contribution is -2.37. The van der Waals surface area contributed by atoms with Gasteiger partial charge in [0.1, 0.15) is 34.3 Å². The van der Waals surface area contributed by atoms with Crippen molar-refractivity contribution in [1.82, 2.24) is 0 Å². The van der Waals surface area contributed by atoms with Crippen molar-refractivity contribution in [3.63, 3.8) is 0 Å². The highest BCUT2D eigenvalue weighted by Gasteiger charge is 2.47. The Labute approximate surface area is 196 Å². The second kappa shape index (κ2) is 8.48. The predicted octanol–water partition coefficient (Wildman–Crippen LogP) is 1.78. The number of carbonyl (C=O) groups is 4. The fraction of sp³-hybridized carbons (Fsp3) is 0.238. The first-order valence-corrected chi connectivity index (χ1v) is 10.00. The van der Waals surface area contributed by atoms with Gasteiger partial charge in [-0.3, -0.25) is 39.4 Å². The summed E-state index contributed by atoms with van der Waals surface area (Å²) in [6.07, 6.45) is 0. The largest absolute Gasteiger partial charge is 0.393 e. The van der Waals surface area contributed by atoms with Crippen molar-refractivity contribution in [2.45, 2.75) is 32.1 Å². The van der Waals surface area contributed by atoms with Crippen molar-refractivity contribution in [2.24, 2.45) is 0 Å². The molecule has 14 nitrogen and oxygen atoms in total. The van der Waals surface area contributed by atoms with Gasteiger partial charge in [-0.1, -0.05) is 0 Å². The van der Waals surface area contributed by atoms with Gasteiger partial charge in [0.15, 0.2) is 0 Å². The van der Waals surface area contributed by atoms with Crippen LogP contribution < -0.4 is 22.1 Å². The van der Waals surface area contributed by atoms with Crippen molar-refractivity contribution >= 4 is 57.5 Å². The summed E-state index contributed by atoms with van der Waals surface area (Å²) in [6, 6.07) is 4.96. The Bertz CT molecular complexity index is 1350. The lowest BCUT2D eigenvalue weighted by Gasteiger charge is -2.18. The lowest BCUT2D eigenvalue weighted by molar-refractivity contribution is -0.384. The molecule has 14 heteroatoms. The van der Waals surface area contributed by atoms with Gasteiger partial charge in [-0.15, -0.1) is 0 Å². The molecule has 2 aliphatic rings. The van der Waals surface area contributed by atoms with Gasteiger partial charge in [-0.2, -0.15) is 0 Å². The van der Waals surface area contributed by atoms with Gasteiger partial charge in [0.25, 0.3) is 11.4 Å². The molecule has 2 atom stereocenters. The first-order valence-electron chi connectivity index (χ1n) is 10.00. The van der Waals surface area contributed by atoms with E-state index in [1.54, 1.807) is 0 Å². The minimum Gasteiger partial charge on any atom is -0.393 e. The van der Waals surface area contributed by atoms with Crippen LogP contribution in [0.2, 0.25) is 0 Å². The Hall–Kier alpha value is -4.88. The molecule has 0 radical (unpaired) electrons. The summed E-state index contributed by atoms with van der Waals surface area (Å²) >= 11 is 0. The van der Waals surface area contributed by atoms with Gasteiger partial charge < -0.3 is 22.1 Å². The number of Topliss-reactive ketones (excluding diaryl/α,β-unsaturated/α-hetero) is 2. The molecule has 0 aliphatic carbocycles. The summed E-state index contributed by atoms with van der Waals surface area (Å²) in [5.74, 6) is -2.56. The third kappa shape index (κ3) is 4.01. The third-order valence-electron chi connectivity index (χ3n) is 5.94. The average Bonchev–Trinajstić information content (AvgIpc) is 3.20. The number of hydrogen-bond donors (Lipinski definition) is 4. The van der Waals surface area contributed by atoms with E-state index in [-0.39, 0.29) is 45.7 Å². The van der Waals surface area contributed by atoms with Crippen molar-refractivity contribution < 1.29 is 29.0 Å². The number of amides is 2.